The Morgan fingerprint density at radius 2 is 1.73 bits per heavy atom. The number of phenolic OH excluding ortho intramolecular Hbond substituents is 1. The molecular formula is C16H15N3O3. The Bertz CT molecular complexity index is 735. The number of hydrogen-bond donors (Lipinski definition) is 2. The van der Waals surface area contributed by atoms with E-state index in [4.69, 9.17) is 0 Å². The van der Waals surface area contributed by atoms with E-state index in [0.29, 0.717) is 22.4 Å². The highest BCUT2D eigenvalue weighted by molar-refractivity contribution is 6.21. The number of carbonyl (C=O) groups is 2. The van der Waals surface area contributed by atoms with Crippen molar-refractivity contribution in [2.75, 3.05) is 4.90 Å². The zero-order valence-corrected chi connectivity index (χ0v) is 12.2. The lowest BCUT2D eigenvalue weighted by Gasteiger charge is -2.14. The second-order valence-corrected chi connectivity index (χ2v) is 5.26. The molecule has 0 bridgehead atoms. The first-order chi connectivity index (χ1) is 10.5. The monoisotopic (exact) mass is 297 g/mol. The normalized spacial score (nSPS) is 17.7. The van der Waals surface area contributed by atoms with Gasteiger partial charge in [0.05, 0.1) is 5.69 Å². The molecule has 0 spiro atoms. The van der Waals surface area contributed by atoms with Gasteiger partial charge in [0, 0.05) is 12.4 Å². The molecule has 2 heterocycles. The predicted octanol–water partition coefficient (Wildman–Crippen LogP) is 2.20. The summed E-state index contributed by atoms with van der Waals surface area (Å²) in [6.07, 6.45) is 3.05. The molecule has 1 aromatic carbocycles. The molecule has 2 aromatic rings. The molecule has 6 nitrogen and oxygen atoms in total. The summed E-state index contributed by atoms with van der Waals surface area (Å²) in [5.74, 6) is -0.146. The third-order valence-corrected chi connectivity index (χ3v) is 3.71. The van der Waals surface area contributed by atoms with Crippen molar-refractivity contribution in [2.45, 2.75) is 19.9 Å². The molecule has 0 saturated carbocycles. The van der Waals surface area contributed by atoms with Gasteiger partial charge in [-0.15, -0.1) is 0 Å². The Balaban J connectivity index is 1.98. The van der Waals surface area contributed by atoms with Crippen LogP contribution in [0.1, 0.15) is 22.7 Å². The van der Waals surface area contributed by atoms with E-state index >= 15 is 0 Å². The molecule has 1 aliphatic heterocycles. The number of hydrogen-bond acceptors (Lipinski definition) is 4. The minimum absolute atomic E-state index is 0.200. The predicted molar refractivity (Wildman–Crippen MR) is 80.6 cm³/mol. The number of pyridine rings is 1. The van der Waals surface area contributed by atoms with Crippen LogP contribution in [0.2, 0.25) is 0 Å². The van der Waals surface area contributed by atoms with Crippen LogP contribution >= 0.6 is 0 Å². The third kappa shape index (κ3) is 2.18. The first-order valence-corrected chi connectivity index (χ1v) is 6.83. The van der Waals surface area contributed by atoms with Crippen molar-refractivity contribution in [3.8, 4) is 5.75 Å². The maximum absolute atomic E-state index is 12.6. The lowest BCUT2D eigenvalue weighted by Crippen LogP contribution is -2.30. The molecule has 22 heavy (non-hydrogen) atoms. The average Bonchev–Trinajstić information content (AvgIpc) is 2.80. The molecule has 1 aromatic heterocycles. The molecule has 3 amide bonds. The van der Waals surface area contributed by atoms with Crippen LogP contribution in [-0.2, 0) is 4.79 Å². The Kier molecular flexibility index (Phi) is 3.29. The molecule has 6 heteroatoms. The van der Waals surface area contributed by atoms with E-state index in [1.165, 1.54) is 12.4 Å². The van der Waals surface area contributed by atoms with E-state index in [-0.39, 0.29) is 11.7 Å². The van der Waals surface area contributed by atoms with Crippen molar-refractivity contribution in [2.24, 2.45) is 0 Å². The summed E-state index contributed by atoms with van der Waals surface area (Å²) in [5.41, 5.74) is 2.47. The molecule has 112 valence electrons. The van der Waals surface area contributed by atoms with E-state index in [0.717, 1.165) is 4.90 Å². The summed E-state index contributed by atoms with van der Waals surface area (Å²) in [4.78, 5) is 29.7. The van der Waals surface area contributed by atoms with Crippen molar-refractivity contribution in [1.29, 1.82) is 0 Å². The molecule has 3 rings (SSSR count). The number of urea groups is 1. The van der Waals surface area contributed by atoms with Crippen LogP contribution in [-0.4, -0.2) is 22.0 Å². The molecule has 0 aliphatic carbocycles. The van der Waals surface area contributed by atoms with Gasteiger partial charge in [0.2, 0.25) is 0 Å². The molecule has 2 N–H and O–H groups in total. The minimum Gasteiger partial charge on any atom is -0.507 e. The number of aromatic nitrogens is 1. The van der Waals surface area contributed by atoms with Crippen molar-refractivity contribution in [3.05, 3.63) is 53.3 Å². The number of carbonyl (C=O) groups excluding carboxylic acids is 2. The van der Waals surface area contributed by atoms with E-state index in [1.807, 2.05) is 0 Å². The largest absolute Gasteiger partial charge is 0.507 e. The molecule has 1 aliphatic rings. The van der Waals surface area contributed by atoms with Crippen LogP contribution < -0.4 is 10.2 Å². The standard InChI is InChI=1S/C16H15N3O3/c1-9-7-11(8-10(2)14(9)20)13-15(21)19(16(22)18-13)12-3-5-17-6-4-12/h3-8,13,20H,1-2H3,(H,18,22). The summed E-state index contributed by atoms with van der Waals surface area (Å²) in [6.45, 7) is 3.52. The summed E-state index contributed by atoms with van der Waals surface area (Å²) in [5, 5.41) is 12.5. The number of aromatic hydroxyl groups is 1. The molecular weight excluding hydrogens is 282 g/mol. The molecule has 1 saturated heterocycles. The van der Waals surface area contributed by atoms with E-state index in [1.54, 1.807) is 38.1 Å². The quantitative estimate of drug-likeness (QED) is 0.832. The molecule has 1 unspecified atom stereocenters. The van der Waals surface area contributed by atoms with Crippen LogP contribution in [0.5, 0.6) is 5.75 Å². The first-order valence-electron chi connectivity index (χ1n) is 6.83. The lowest BCUT2D eigenvalue weighted by atomic mass is 10.00. The van der Waals surface area contributed by atoms with Gasteiger partial charge in [0.15, 0.2) is 0 Å². The number of amides is 3. The lowest BCUT2D eigenvalue weighted by molar-refractivity contribution is -0.118. The molecule has 1 fully saturated rings. The van der Waals surface area contributed by atoms with Gasteiger partial charge in [0.25, 0.3) is 5.91 Å². The van der Waals surface area contributed by atoms with Gasteiger partial charge in [-0.3, -0.25) is 9.78 Å². The second kappa shape index (κ2) is 5.14. The Labute approximate surface area is 127 Å². The number of aryl methyl sites for hydroxylation is 2. The fourth-order valence-electron chi connectivity index (χ4n) is 2.60. The molecule has 1 atom stereocenters. The fraction of sp³-hybridized carbons (Fsp3) is 0.188. The SMILES string of the molecule is Cc1cc(C2NC(=O)N(c3ccncc3)C2=O)cc(C)c1O. The van der Waals surface area contributed by atoms with Crippen molar-refractivity contribution in [1.82, 2.24) is 10.3 Å². The Morgan fingerprint density at radius 1 is 1.14 bits per heavy atom. The summed E-state index contributed by atoms with van der Waals surface area (Å²) in [7, 11) is 0. The van der Waals surface area contributed by atoms with Gasteiger partial charge < -0.3 is 10.4 Å². The van der Waals surface area contributed by atoms with Crippen LogP contribution in [0.15, 0.2) is 36.7 Å². The number of nitrogens with zero attached hydrogens (tertiary/aromatic N) is 2. The zero-order chi connectivity index (χ0) is 15.9. The summed E-state index contributed by atoms with van der Waals surface area (Å²) >= 11 is 0. The number of nitrogens with one attached hydrogen (secondary N) is 1. The van der Waals surface area contributed by atoms with Gasteiger partial charge in [-0.2, -0.15) is 0 Å². The highest BCUT2D eigenvalue weighted by Gasteiger charge is 2.40. The van der Waals surface area contributed by atoms with E-state index < -0.39 is 12.1 Å². The van der Waals surface area contributed by atoms with Crippen LogP contribution in [0.4, 0.5) is 10.5 Å². The topological polar surface area (TPSA) is 82.5 Å². The third-order valence-electron chi connectivity index (χ3n) is 3.71. The number of benzene rings is 1. The second-order valence-electron chi connectivity index (χ2n) is 5.26. The number of rotatable bonds is 2. The maximum atomic E-state index is 12.6. The number of phenols is 1. The van der Waals surface area contributed by atoms with Gasteiger partial charge in [0.1, 0.15) is 11.8 Å². The van der Waals surface area contributed by atoms with Crippen molar-refractivity contribution < 1.29 is 14.7 Å². The summed E-state index contributed by atoms with van der Waals surface area (Å²) in [6, 6.07) is 5.41. The Morgan fingerprint density at radius 3 is 2.32 bits per heavy atom. The van der Waals surface area contributed by atoms with Gasteiger partial charge in [-0.25, -0.2) is 9.69 Å². The average molecular weight is 297 g/mol. The van der Waals surface area contributed by atoms with E-state index in [9.17, 15) is 14.7 Å². The van der Waals surface area contributed by atoms with Crippen molar-refractivity contribution in [3.63, 3.8) is 0 Å². The van der Waals surface area contributed by atoms with Crippen LogP contribution in [0.3, 0.4) is 0 Å². The minimum atomic E-state index is -0.751. The van der Waals surface area contributed by atoms with Gasteiger partial charge >= 0.3 is 6.03 Å². The van der Waals surface area contributed by atoms with Crippen LogP contribution in [0, 0.1) is 13.8 Å². The van der Waals surface area contributed by atoms with Gasteiger partial charge in [-0.1, -0.05) is 0 Å². The summed E-state index contributed by atoms with van der Waals surface area (Å²) < 4.78 is 0. The maximum Gasteiger partial charge on any atom is 0.329 e. The molecule has 0 radical (unpaired) electrons. The zero-order valence-electron chi connectivity index (χ0n) is 12.2. The highest BCUT2D eigenvalue weighted by Crippen LogP contribution is 2.31. The van der Waals surface area contributed by atoms with Crippen molar-refractivity contribution >= 4 is 17.6 Å². The fourth-order valence-corrected chi connectivity index (χ4v) is 2.60. The first kappa shape index (κ1) is 14.1. The number of anilines is 1. The Hall–Kier alpha value is -2.89. The van der Waals surface area contributed by atoms with E-state index in [2.05, 4.69) is 10.3 Å². The highest BCUT2D eigenvalue weighted by atomic mass is 16.3. The smallest absolute Gasteiger partial charge is 0.329 e. The van der Waals surface area contributed by atoms with Crippen LogP contribution in [0.25, 0.3) is 0 Å². The number of imide groups is 1. The van der Waals surface area contributed by atoms with Gasteiger partial charge in [-0.05, 0) is 54.8 Å².